The number of primary amides is 1. The Morgan fingerprint density at radius 3 is 2.55 bits per heavy atom. The standard InChI is InChI=1S/C13H19N3O4/c1-8-4-15-10(9(2)13(8)20-3)5-16(6-11(14)17)7-12(18)19/h4H,5-7H2,1-3H3,(H2,14,17)(H,18,19). The molecule has 1 aromatic heterocycles. The van der Waals surface area contributed by atoms with Crippen LogP contribution in [0.3, 0.4) is 0 Å². The van der Waals surface area contributed by atoms with Crippen LogP contribution in [0.4, 0.5) is 0 Å². The number of pyridine rings is 1. The van der Waals surface area contributed by atoms with Crippen LogP contribution in [-0.2, 0) is 16.1 Å². The van der Waals surface area contributed by atoms with Crippen molar-refractivity contribution in [2.45, 2.75) is 20.4 Å². The lowest BCUT2D eigenvalue weighted by Gasteiger charge is -2.20. The van der Waals surface area contributed by atoms with Gasteiger partial charge in [-0.3, -0.25) is 19.5 Å². The fraction of sp³-hybridized carbons (Fsp3) is 0.462. The van der Waals surface area contributed by atoms with Gasteiger partial charge in [0.05, 0.1) is 25.9 Å². The van der Waals surface area contributed by atoms with E-state index in [1.54, 1.807) is 13.3 Å². The average Bonchev–Trinajstić information content (AvgIpc) is 2.32. The zero-order valence-corrected chi connectivity index (χ0v) is 11.8. The molecule has 110 valence electrons. The number of carboxylic acid groups (broad SMARTS) is 1. The molecule has 1 rings (SSSR count). The van der Waals surface area contributed by atoms with Gasteiger partial charge in [-0.25, -0.2) is 0 Å². The minimum atomic E-state index is -1.03. The highest BCUT2D eigenvalue weighted by molar-refractivity contribution is 5.77. The molecule has 0 aliphatic carbocycles. The molecule has 0 bridgehead atoms. The number of amides is 1. The van der Waals surface area contributed by atoms with Gasteiger partial charge in [0.15, 0.2) is 0 Å². The number of hydrogen-bond donors (Lipinski definition) is 2. The van der Waals surface area contributed by atoms with Gasteiger partial charge in [0.2, 0.25) is 5.91 Å². The molecule has 7 heteroatoms. The van der Waals surface area contributed by atoms with Crippen molar-refractivity contribution >= 4 is 11.9 Å². The largest absolute Gasteiger partial charge is 0.496 e. The summed E-state index contributed by atoms with van der Waals surface area (Å²) in [6.45, 7) is 3.53. The Hall–Kier alpha value is -2.15. The fourth-order valence-electron chi connectivity index (χ4n) is 2.02. The van der Waals surface area contributed by atoms with E-state index in [2.05, 4.69) is 4.98 Å². The van der Waals surface area contributed by atoms with Crippen molar-refractivity contribution in [2.24, 2.45) is 5.73 Å². The smallest absolute Gasteiger partial charge is 0.317 e. The van der Waals surface area contributed by atoms with Crippen LogP contribution in [0, 0.1) is 13.8 Å². The quantitative estimate of drug-likeness (QED) is 0.733. The van der Waals surface area contributed by atoms with Crippen molar-refractivity contribution < 1.29 is 19.4 Å². The number of nitrogens with two attached hydrogens (primary N) is 1. The number of aliphatic carboxylic acids is 1. The third-order valence-corrected chi connectivity index (χ3v) is 2.86. The number of aryl methyl sites for hydroxylation is 1. The minimum absolute atomic E-state index is 0.135. The normalized spacial score (nSPS) is 10.6. The van der Waals surface area contributed by atoms with Crippen molar-refractivity contribution in [1.82, 2.24) is 9.88 Å². The Morgan fingerprint density at radius 1 is 1.40 bits per heavy atom. The second-order valence-electron chi connectivity index (χ2n) is 4.55. The first-order chi connectivity index (χ1) is 9.35. The van der Waals surface area contributed by atoms with Crippen LogP contribution in [0.5, 0.6) is 5.75 Å². The van der Waals surface area contributed by atoms with Gasteiger partial charge in [-0.15, -0.1) is 0 Å². The summed E-state index contributed by atoms with van der Waals surface area (Å²) in [5.74, 6) is -0.893. The summed E-state index contributed by atoms with van der Waals surface area (Å²) in [7, 11) is 1.57. The first-order valence-electron chi connectivity index (χ1n) is 6.06. The van der Waals surface area contributed by atoms with Crippen molar-refractivity contribution in [3.8, 4) is 5.75 Å². The zero-order chi connectivity index (χ0) is 15.3. The summed E-state index contributed by atoms with van der Waals surface area (Å²) in [5, 5.41) is 8.85. The number of aromatic nitrogens is 1. The van der Waals surface area contributed by atoms with Gasteiger partial charge in [0.1, 0.15) is 5.75 Å². The SMILES string of the molecule is COc1c(C)cnc(CN(CC(N)=O)CC(=O)O)c1C. The molecule has 0 aliphatic heterocycles. The Balaban J connectivity index is 2.98. The zero-order valence-electron chi connectivity index (χ0n) is 11.8. The number of carbonyl (C=O) groups excluding carboxylic acids is 1. The number of methoxy groups -OCH3 is 1. The van der Waals surface area contributed by atoms with Crippen molar-refractivity contribution in [3.05, 3.63) is 23.0 Å². The van der Waals surface area contributed by atoms with Crippen LogP contribution in [0.25, 0.3) is 0 Å². The predicted molar refractivity (Wildman–Crippen MR) is 72.4 cm³/mol. The summed E-state index contributed by atoms with van der Waals surface area (Å²) < 4.78 is 5.29. The second-order valence-corrected chi connectivity index (χ2v) is 4.55. The first-order valence-corrected chi connectivity index (χ1v) is 6.06. The number of carbonyl (C=O) groups is 2. The molecule has 0 spiro atoms. The lowest BCUT2D eigenvalue weighted by Crippen LogP contribution is -2.37. The van der Waals surface area contributed by atoms with E-state index in [4.69, 9.17) is 15.6 Å². The summed E-state index contributed by atoms with van der Waals surface area (Å²) in [5.41, 5.74) is 7.51. The van der Waals surface area contributed by atoms with E-state index in [1.807, 2.05) is 13.8 Å². The highest BCUT2D eigenvalue weighted by Gasteiger charge is 2.17. The molecule has 3 N–H and O–H groups in total. The molecule has 0 unspecified atom stereocenters. The fourth-order valence-corrected chi connectivity index (χ4v) is 2.02. The van der Waals surface area contributed by atoms with Gasteiger partial charge < -0.3 is 15.6 Å². The molecule has 0 radical (unpaired) electrons. The van der Waals surface area contributed by atoms with Crippen LogP contribution in [0.15, 0.2) is 6.20 Å². The summed E-state index contributed by atoms with van der Waals surface area (Å²) in [6, 6.07) is 0. The number of ether oxygens (including phenoxy) is 1. The van der Waals surface area contributed by atoms with Gasteiger partial charge in [-0.1, -0.05) is 0 Å². The van der Waals surface area contributed by atoms with Crippen LogP contribution < -0.4 is 10.5 Å². The third kappa shape index (κ3) is 4.20. The van der Waals surface area contributed by atoms with Crippen LogP contribution in [0.2, 0.25) is 0 Å². The first kappa shape index (κ1) is 15.9. The van der Waals surface area contributed by atoms with Crippen molar-refractivity contribution in [1.29, 1.82) is 0 Å². The lowest BCUT2D eigenvalue weighted by molar-refractivity contribution is -0.138. The highest BCUT2D eigenvalue weighted by Crippen LogP contribution is 2.24. The van der Waals surface area contributed by atoms with E-state index in [0.29, 0.717) is 11.4 Å². The predicted octanol–water partition coefficient (Wildman–Crippen LogP) is 0.0789. The number of hydrogen-bond acceptors (Lipinski definition) is 5. The van der Waals surface area contributed by atoms with E-state index in [9.17, 15) is 9.59 Å². The molecular formula is C13H19N3O4. The Bertz CT molecular complexity index is 501. The molecule has 1 aromatic rings. The lowest BCUT2D eigenvalue weighted by atomic mass is 10.1. The van der Waals surface area contributed by atoms with Gasteiger partial charge in [0, 0.05) is 23.9 Å². The average molecular weight is 281 g/mol. The molecule has 1 heterocycles. The van der Waals surface area contributed by atoms with Crippen LogP contribution in [0.1, 0.15) is 16.8 Å². The molecule has 7 nitrogen and oxygen atoms in total. The van der Waals surface area contributed by atoms with Crippen molar-refractivity contribution in [3.63, 3.8) is 0 Å². The van der Waals surface area contributed by atoms with Crippen molar-refractivity contribution in [2.75, 3.05) is 20.2 Å². The Labute approximate surface area is 117 Å². The van der Waals surface area contributed by atoms with Crippen LogP contribution in [-0.4, -0.2) is 47.1 Å². The maximum absolute atomic E-state index is 11.0. The van der Waals surface area contributed by atoms with E-state index >= 15 is 0 Å². The molecule has 0 saturated heterocycles. The molecule has 0 atom stereocenters. The van der Waals surface area contributed by atoms with Gasteiger partial charge in [-0.05, 0) is 13.8 Å². The summed E-state index contributed by atoms with van der Waals surface area (Å²) in [4.78, 5) is 27.5. The van der Waals surface area contributed by atoms with E-state index < -0.39 is 11.9 Å². The molecule has 1 amide bonds. The topological polar surface area (TPSA) is 106 Å². The molecule has 0 aromatic carbocycles. The summed E-state index contributed by atoms with van der Waals surface area (Å²) in [6.07, 6.45) is 1.66. The summed E-state index contributed by atoms with van der Waals surface area (Å²) >= 11 is 0. The van der Waals surface area contributed by atoms with Gasteiger partial charge in [0.25, 0.3) is 0 Å². The maximum atomic E-state index is 11.0. The second kappa shape index (κ2) is 6.85. The number of rotatable bonds is 7. The molecular weight excluding hydrogens is 262 g/mol. The number of carboxylic acids is 1. The number of nitrogens with zero attached hydrogens (tertiary/aromatic N) is 2. The van der Waals surface area contributed by atoms with Gasteiger partial charge in [-0.2, -0.15) is 0 Å². The van der Waals surface area contributed by atoms with Crippen LogP contribution >= 0.6 is 0 Å². The maximum Gasteiger partial charge on any atom is 0.317 e. The Kier molecular flexibility index (Phi) is 5.45. The molecule has 0 fully saturated rings. The van der Waals surface area contributed by atoms with E-state index in [1.165, 1.54) is 4.90 Å². The highest BCUT2D eigenvalue weighted by atomic mass is 16.5. The van der Waals surface area contributed by atoms with E-state index in [0.717, 1.165) is 11.1 Å². The molecule has 20 heavy (non-hydrogen) atoms. The molecule has 0 saturated carbocycles. The van der Waals surface area contributed by atoms with Gasteiger partial charge >= 0.3 is 5.97 Å². The third-order valence-electron chi connectivity index (χ3n) is 2.86. The minimum Gasteiger partial charge on any atom is -0.496 e. The van der Waals surface area contributed by atoms with E-state index in [-0.39, 0.29) is 19.6 Å². The molecule has 0 aliphatic rings. The Morgan fingerprint density at radius 2 is 2.05 bits per heavy atom. The monoisotopic (exact) mass is 281 g/mol.